The van der Waals surface area contributed by atoms with Crippen molar-refractivity contribution in [3.63, 3.8) is 0 Å². The van der Waals surface area contributed by atoms with Crippen LogP contribution in [-0.4, -0.2) is 109 Å². The van der Waals surface area contributed by atoms with Gasteiger partial charge in [-0.05, 0) is 93.8 Å². The summed E-state index contributed by atoms with van der Waals surface area (Å²) in [4.78, 5) is 29.5. The summed E-state index contributed by atoms with van der Waals surface area (Å²) in [5.41, 5.74) is 1.23. The summed E-state index contributed by atoms with van der Waals surface area (Å²) in [6.07, 6.45) is 4.46. The van der Waals surface area contributed by atoms with Crippen molar-refractivity contribution in [2.75, 3.05) is 58.3 Å². The van der Waals surface area contributed by atoms with Crippen LogP contribution in [0.1, 0.15) is 58.4 Å². The number of methoxy groups -OCH3 is 1. The van der Waals surface area contributed by atoms with Gasteiger partial charge in [0, 0.05) is 49.8 Å². The molecule has 5 heterocycles. The second-order valence-corrected chi connectivity index (χ2v) is 16.4. The predicted molar refractivity (Wildman–Crippen MR) is 206 cm³/mol. The van der Waals surface area contributed by atoms with Crippen LogP contribution in [0.3, 0.4) is 0 Å². The van der Waals surface area contributed by atoms with E-state index < -0.39 is 11.4 Å². The van der Waals surface area contributed by atoms with E-state index in [0.29, 0.717) is 54.3 Å². The molecular weight excluding hydrogens is 713 g/mol. The zero-order valence-corrected chi connectivity index (χ0v) is 32.5. The minimum Gasteiger partial charge on any atom is -0.467 e. The van der Waals surface area contributed by atoms with Gasteiger partial charge in [0.25, 0.3) is 0 Å². The van der Waals surface area contributed by atoms with E-state index in [2.05, 4.69) is 9.80 Å². The molecular formula is C41H49ClFN5O6. The number of piperazine rings is 1. The average Bonchev–Trinajstić information content (AvgIpc) is 3.53. The first-order valence-electron chi connectivity index (χ1n) is 19.1. The fourth-order valence-corrected chi connectivity index (χ4v) is 9.16. The Labute approximate surface area is 320 Å². The number of anilines is 1. The average molecular weight is 762 g/mol. The number of rotatable bonds is 10. The number of benzene rings is 3. The molecule has 0 saturated carbocycles. The molecule has 288 valence electrons. The Kier molecular flexibility index (Phi) is 10.2. The molecule has 4 aliphatic heterocycles. The van der Waals surface area contributed by atoms with E-state index in [0.717, 1.165) is 68.2 Å². The van der Waals surface area contributed by atoms with Gasteiger partial charge < -0.3 is 28.6 Å². The van der Waals surface area contributed by atoms with Crippen LogP contribution < -0.4 is 14.4 Å². The Balaban J connectivity index is 1.17. The molecule has 0 radical (unpaired) electrons. The maximum Gasteiger partial charge on any atom is 0.410 e. The van der Waals surface area contributed by atoms with Crippen LogP contribution in [0.4, 0.5) is 15.0 Å². The van der Waals surface area contributed by atoms with Gasteiger partial charge in [-0.15, -0.1) is 0 Å². The van der Waals surface area contributed by atoms with E-state index in [1.54, 1.807) is 13.2 Å². The minimum absolute atomic E-state index is 0.0415. The van der Waals surface area contributed by atoms with E-state index in [4.69, 9.17) is 45.3 Å². The van der Waals surface area contributed by atoms with Crippen LogP contribution >= 0.6 is 11.6 Å². The van der Waals surface area contributed by atoms with Crippen molar-refractivity contribution in [2.45, 2.75) is 89.6 Å². The second kappa shape index (κ2) is 14.9. The summed E-state index contributed by atoms with van der Waals surface area (Å²) in [5.74, 6) is 0.533. The molecule has 4 atom stereocenters. The van der Waals surface area contributed by atoms with Gasteiger partial charge in [0.05, 0.1) is 36.9 Å². The monoisotopic (exact) mass is 761 g/mol. The van der Waals surface area contributed by atoms with Crippen molar-refractivity contribution in [3.8, 4) is 22.9 Å². The van der Waals surface area contributed by atoms with Crippen molar-refractivity contribution >= 4 is 45.2 Å². The van der Waals surface area contributed by atoms with Crippen LogP contribution in [0.25, 0.3) is 32.8 Å². The van der Waals surface area contributed by atoms with Gasteiger partial charge in [0.2, 0.25) is 0 Å². The van der Waals surface area contributed by atoms with Gasteiger partial charge in [0.15, 0.2) is 12.6 Å². The number of carbonyl (C=O) groups excluding carboxylic acids is 1. The number of carbonyl (C=O) groups is 1. The van der Waals surface area contributed by atoms with Crippen molar-refractivity contribution in [1.82, 2.24) is 19.8 Å². The molecule has 1 amide bonds. The lowest BCUT2D eigenvalue weighted by Crippen LogP contribution is -2.57. The topological polar surface area (TPSA) is 98.7 Å². The maximum atomic E-state index is 17.4. The van der Waals surface area contributed by atoms with Gasteiger partial charge in [-0.25, -0.2) is 9.18 Å². The minimum atomic E-state index is -0.602. The number of aryl methyl sites for hydroxylation is 1. The molecule has 4 aromatic rings. The Morgan fingerprint density at radius 2 is 1.65 bits per heavy atom. The van der Waals surface area contributed by atoms with Gasteiger partial charge in [-0.2, -0.15) is 9.97 Å². The zero-order valence-electron chi connectivity index (χ0n) is 31.7. The molecule has 4 aliphatic rings. The Morgan fingerprint density at radius 3 is 2.33 bits per heavy atom. The molecule has 3 aromatic carbocycles. The molecule has 0 aliphatic carbocycles. The van der Waals surface area contributed by atoms with E-state index >= 15 is 4.39 Å². The number of halogens is 2. The van der Waals surface area contributed by atoms with E-state index in [-0.39, 0.29) is 47.1 Å². The number of hydrogen-bond acceptors (Lipinski definition) is 10. The van der Waals surface area contributed by atoms with E-state index in [1.807, 2.05) is 62.9 Å². The standard InChI is InChI=1S/C41H49ClFN5O6/c1-24-29-9-6-7-10-30(29)31(18-34(24)53-23-50-5)35-33(42)17-32-37(36(35)43)44-39(52-16-8-15-47-27-13-14-28(47)22-51-21-27)45-38(32)46-19-25-11-12-26(20-46)48(25)40(49)54-41(2,3)4/h6-7,9-10,17-18,25-28H,8,11-16,19-23H2,1-5H3. The number of morpholine rings is 1. The highest BCUT2D eigenvalue weighted by Gasteiger charge is 2.45. The van der Waals surface area contributed by atoms with Crippen LogP contribution in [0.15, 0.2) is 36.4 Å². The van der Waals surface area contributed by atoms with Crippen LogP contribution in [0, 0.1) is 12.7 Å². The van der Waals surface area contributed by atoms with Gasteiger partial charge in [-0.1, -0.05) is 35.9 Å². The molecule has 4 unspecified atom stereocenters. The largest absolute Gasteiger partial charge is 0.467 e. The summed E-state index contributed by atoms with van der Waals surface area (Å²) in [6.45, 7) is 11.5. The van der Waals surface area contributed by atoms with Gasteiger partial charge >= 0.3 is 12.1 Å². The van der Waals surface area contributed by atoms with E-state index in [1.165, 1.54) is 0 Å². The molecule has 13 heteroatoms. The van der Waals surface area contributed by atoms with Crippen LogP contribution in [-0.2, 0) is 14.2 Å². The molecule has 54 heavy (non-hydrogen) atoms. The van der Waals surface area contributed by atoms with Crippen molar-refractivity contribution < 1.29 is 32.9 Å². The van der Waals surface area contributed by atoms with Crippen molar-refractivity contribution in [2.24, 2.45) is 0 Å². The summed E-state index contributed by atoms with van der Waals surface area (Å²) < 4.78 is 46.3. The number of hydrogen-bond donors (Lipinski definition) is 0. The Morgan fingerprint density at radius 1 is 0.963 bits per heavy atom. The third kappa shape index (κ3) is 7.02. The second-order valence-electron chi connectivity index (χ2n) is 16.0. The van der Waals surface area contributed by atoms with E-state index in [9.17, 15) is 4.79 Å². The molecule has 11 nitrogen and oxygen atoms in total. The highest BCUT2D eigenvalue weighted by molar-refractivity contribution is 6.35. The third-order valence-electron chi connectivity index (χ3n) is 11.3. The predicted octanol–water partition coefficient (Wildman–Crippen LogP) is 7.75. The number of nitrogens with zero attached hydrogens (tertiary/aromatic N) is 5. The number of ether oxygens (including phenoxy) is 5. The lowest BCUT2D eigenvalue weighted by molar-refractivity contribution is -0.0161. The van der Waals surface area contributed by atoms with Gasteiger partial charge in [-0.3, -0.25) is 9.80 Å². The van der Waals surface area contributed by atoms with Crippen molar-refractivity contribution in [1.29, 1.82) is 0 Å². The van der Waals surface area contributed by atoms with Gasteiger partial charge in [0.1, 0.15) is 22.7 Å². The maximum absolute atomic E-state index is 17.4. The molecule has 4 fully saturated rings. The SMILES string of the molecule is COCOc1cc(-c2c(Cl)cc3c(N4CC5CCC(C4)N5C(=O)OC(C)(C)C)nc(OCCCN4C5CCC4COC5)nc3c2F)c2ccccc2c1C. The quantitative estimate of drug-likeness (QED) is 0.118. The molecule has 4 saturated heterocycles. The molecule has 0 N–H and O–H groups in total. The number of aromatic nitrogens is 2. The smallest absolute Gasteiger partial charge is 0.410 e. The van der Waals surface area contributed by atoms with Crippen LogP contribution in [0.2, 0.25) is 5.02 Å². The fraction of sp³-hybridized carbons (Fsp3) is 0.537. The summed E-state index contributed by atoms with van der Waals surface area (Å²) in [5, 5.41) is 2.45. The highest BCUT2D eigenvalue weighted by Crippen LogP contribution is 2.45. The lowest BCUT2D eigenvalue weighted by atomic mass is 9.93. The third-order valence-corrected chi connectivity index (χ3v) is 11.6. The fourth-order valence-electron chi connectivity index (χ4n) is 8.86. The first kappa shape index (κ1) is 37.0. The molecule has 0 spiro atoms. The molecule has 4 bridgehead atoms. The Bertz CT molecular complexity index is 2030. The zero-order chi connectivity index (χ0) is 37.7. The molecule has 8 rings (SSSR count). The first-order valence-corrected chi connectivity index (χ1v) is 19.4. The summed E-state index contributed by atoms with van der Waals surface area (Å²) in [6, 6.07) is 12.2. The number of fused-ring (bicyclic) bond motifs is 6. The summed E-state index contributed by atoms with van der Waals surface area (Å²) >= 11 is 7.10. The lowest BCUT2D eigenvalue weighted by Gasteiger charge is -2.42. The molecule has 1 aromatic heterocycles. The number of amides is 1. The van der Waals surface area contributed by atoms with Crippen LogP contribution in [0.5, 0.6) is 11.8 Å². The first-order chi connectivity index (χ1) is 26.0. The normalized spacial score (nSPS) is 22.7. The highest BCUT2D eigenvalue weighted by atomic mass is 35.5. The Hall–Kier alpha value is -3.97. The van der Waals surface area contributed by atoms with Crippen molar-refractivity contribution in [3.05, 3.63) is 52.8 Å². The summed E-state index contributed by atoms with van der Waals surface area (Å²) in [7, 11) is 1.56.